The number of ether oxygens (including phenoxy) is 1. The maximum Gasteiger partial charge on any atom is 0.270 e. The van der Waals surface area contributed by atoms with Crippen LogP contribution < -0.4 is 10.6 Å². The number of non-ortho nitro benzene ring substituents is 1. The SMILES string of the molecule is O=C(NCCOC1CCNCC1)c1cccc([N+](=O)[O-])c1. The number of carbonyl (C=O) groups excluding carboxylic acids is 1. The van der Waals surface area contributed by atoms with Gasteiger partial charge in [-0.1, -0.05) is 6.07 Å². The first-order chi connectivity index (χ1) is 10.2. The second-order valence-electron chi connectivity index (χ2n) is 4.88. The lowest BCUT2D eigenvalue weighted by Crippen LogP contribution is -2.34. The Morgan fingerprint density at radius 1 is 1.43 bits per heavy atom. The smallest absolute Gasteiger partial charge is 0.270 e. The van der Waals surface area contributed by atoms with E-state index < -0.39 is 4.92 Å². The second kappa shape index (κ2) is 7.70. The fourth-order valence-electron chi connectivity index (χ4n) is 2.22. The first-order valence-corrected chi connectivity index (χ1v) is 7.02. The highest BCUT2D eigenvalue weighted by molar-refractivity contribution is 5.94. The van der Waals surface area contributed by atoms with E-state index in [9.17, 15) is 14.9 Å². The number of amides is 1. The monoisotopic (exact) mass is 293 g/mol. The minimum atomic E-state index is -0.517. The number of nitrogens with zero attached hydrogens (tertiary/aromatic N) is 1. The number of nitro groups is 1. The molecule has 114 valence electrons. The molecule has 1 aliphatic rings. The van der Waals surface area contributed by atoms with E-state index in [-0.39, 0.29) is 23.3 Å². The van der Waals surface area contributed by atoms with Gasteiger partial charge in [0.25, 0.3) is 11.6 Å². The van der Waals surface area contributed by atoms with Crippen LogP contribution >= 0.6 is 0 Å². The number of rotatable bonds is 6. The third-order valence-corrected chi connectivity index (χ3v) is 3.35. The van der Waals surface area contributed by atoms with Crippen molar-refractivity contribution in [2.45, 2.75) is 18.9 Å². The molecule has 1 fully saturated rings. The zero-order valence-corrected chi connectivity index (χ0v) is 11.7. The first kappa shape index (κ1) is 15.4. The van der Waals surface area contributed by atoms with Crippen molar-refractivity contribution in [2.75, 3.05) is 26.2 Å². The van der Waals surface area contributed by atoms with Crippen molar-refractivity contribution in [1.29, 1.82) is 0 Å². The zero-order chi connectivity index (χ0) is 15.1. The summed E-state index contributed by atoms with van der Waals surface area (Å²) < 4.78 is 5.67. The van der Waals surface area contributed by atoms with E-state index in [0.717, 1.165) is 25.9 Å². The highest BCUT2D eigenvalue weighted by atomic mass is 16.6. The van der Waals surface area contributed by atoms with Crippen molar-refractivity contribution in [2.24, 2.45) is 0 Å². The van der Waals surface area contributed by atoms with E-state index in [2.05, 4.69) is 10.6 Å². The molecule has 2 N–H and O–H groups in total. The highest BCUT2D eigenvalue weighted by Gasteiger charge is 2.14. The fraction of sp³-hybridized carbons (Fsp3) is 0.500. The van der Waals surface area contributed by atoms with Gasteiger partial charge in [-0.3, -0.25) is 14.9 Å². The molecule has 7 nitrogen and oxygen atoms in total. The number of hydrogen-bond acceptors (Lipinski definition) is 5. The van der Waals surface area contributed by atoms with Crippen molar-refractivity contribution >= 4 is 11.6 Å². The van der Waals surface area contributed by atoms with E-state index >= 15 is 0 Å². The highest BCUT2D eigenvalue weighted by Crippen LogP contribution is 2.12. The molecule has 2 rings (SSSR count). The van der Waals surface area contributed by atoms with Crippen LogP contribution in [0.5, 0.6) is 0 Å². The van der Waals surface area contributed by atoms with E-state index in [1.54, 1.807) is 6.07 Å². The van der Waals surface area contributed by atoms with E-state index in [1.807, 2.05) is 0 Å². The summed E-state index contributed by atoms with van der Waals surface area (Å²) in [6, 6.07) is 5.68. The van der Waals surface area contributed by atoms with Crippen LogP contribution in [0.2, 0.25) is 0 Å². The summed E-state index contributed by atoms with van der Waals surface area (Å²) in [5.41, 5.74) is 0.194. The van der Waals surface area contributed by atoms with E-state index in [1.165, 1.54) is 18.2 Å². The summed E-state index contributed by atoms with van der Waals surface area (Å²) >= 11 is 0. The summed E-state index contributed by atoms with van der Waals surface area (Å²) in [6.45, 7) is 2.77. The molecular formula is C14H19N3O4. The molecule has 0 radical (unpaired) electrons. The Kier molecular flexibility index (Phi) is 5.65. The number of nitro benzene ring substituents is 1. The van der Waals surface area contributed by atoms with Gasteiger partial charge in [0.05, 0.1) is 17.6 Å². The molecule has 1 aromatic carbocycles. The van der Waals surface area contributed by atoms with Crippen molar-refractivity contribution in [3.8, 4) is 0 Å². The lowest BCUT2D eigenvalue weighted by molar-refractivity contribution is -0.384. The number of benzene rings is 1. The second-order valence-corrected chi connectivity index (χ2v) is 4.88. The maximum absolute atomic E-state index is 11.9. The van der Waals surface area contributed by atoms with Crippen LogP contribution in [0.25, 0.3) is 0 Å². The Labute approximate surface area is 122 Å². The molecule has 0 saturated carbocycles. The molecule has 0 bridgehead atoms. The van der Waals surface area contributed by atoms with Gasteiger partial charge >= 0.3 is 0 Å². The van der Waals surface area contributed by atoms with Gasteiger partial charge in [0.15, 0.2) is 0 Å². The van der Waals surface area contributed by atoms with Crippen LogP contribution in [-0.4, -0.2) is 43.2 Å². The van der Waals surface area contributed by atoms with Crippen molar-refractivity contribution in [1.82, 2.24) is 10.6 Å². The molecule has 7 heteroatoms. The number of piperidine rings is 1. The molecule has 0 aliphatic carbocycles. The average Bonchev–Trinajstić information content (AvgIpc) is 2.52. The maximum atomic E-state index is 11.9. The van der Waals surface area contributed by atoms with Gasteiger partial charge in [-0.15, -0.1) is 0 Å². The van der Waals surface area contributed by atoms with E-state index in [4.69, 9.17) is 4.74 Å². The van der Waals surface area contributed by atoms with Crippen LogP contribution in [0, 0.1) is 10.1 Å². The van der Waals surface area contributed by atoms with Crippen LogP contribution in [0.1, 0.15) is 23.2 Å². The van der Waals surface area contributed by atoms with Gasteiger partial charge in [0.1, 0.15) is 0 Å². The van der Waals surface area contributed by atoms with E-state index in [0.29, 0.717) is 13.2 Å². The van der Waals surface area contributed by atoms with Gasteiger partial charge in [0, 0.05) is 24.2 Å². The lowest BCUT2D eigenvalue weighted by atomic mass is 10.1. The summed E-state index contributed by atoms with van der Waals surface area (Å²) in [5, 5.41) is 16.6. The summed E-state index contributed by atoms with van der Waals surface area (Å²) in [5.74, 6) is -0.326. The molecule has 1 aliphatic heterocycles. The third-order valence-electron chi connectivity index (χ3n) is 3.35. The Morgan fingerprint density at radius 2 is 2.19 bits per heavy atom. The van der Waals surface area contributed by atoms with Crippen molar-refractivity contribution in [3.05, 3.63) is 39.9 Å². The number of nitrogens with one attached hydrogen (secondary N) is 2. The van der Waals surface area contributed by atoms with Crippen LogP contribution in [0.3, 0.4) is 0 Å². The molecule has 1 aromatic rings. The molecule has 0 unspecified atom stereocenters. The normalized spacial score (nSPS) is 15.6. The fourth-order valence-corrected chi connectivity index (χ4v) is 2.22. The standard InChI is InChI=1S/C14H19N3O4/c18-14(11-2-1-3-12(10-11)17(19)20)16-8-9-21-13-4-6-15-7-5-13/h1-3,10,13,15H,4-9H2,(H,16,18). The average molecular weight is 293 g/mol. The van der Waals surface area contributed by atoms with Gasteiger partial charge in [-0.2, -0.15) is 0 Å². The molecule has 21 heavy (non-hydrogen) atoms. The zero-order valence-electron chi connectivity index (χ0n) is 11.7. The van der Waals surface area contributed by atoms with Crippen LogP contribution in [0.15, 0.2) is 24.3 Å². The summed E-state index contributed by atoms with van der Waals surface area (Å²) in [6.07, 6.45) is 2.22. The Morgan fingerprint density at radius 3 is 2.90 bits per heavy atom. The minimum absolute atomic E-state index is 0.0893. The molecule has 1 saturated heterocycles. The Balaban J connectivity index is 1.74. The van der Waals surface area contributed by atoms with Gasteiger partial charge in [0.2, 0.25) is 0 Å². The topological polar surface area (TPSA) is 93.5 Å². The van der Waals surface area contributed by atoms with Gasteiger partial charge < -0.3 is 15.4 Å². The summed E-state index contributed by atoms with van der Waals surface area (Å²) in [4.78, 5) is 22.0. The third kappa shape index (κ3) is 4.80. The predicted molar refractivity (Wildman–Crippen MR) is 77.3 cm³/mol. The Bertz CT molecular complexity index is 501. The first-order valence-electron chi connectivity index (χ1n) is 7.02. The van der Waals surface area contributed by atoms with Crippen LogP contribution in [0.4, 0.5) is 5.69 Å². The largest absolute Gasteiger partial charge is 0.376 e. The van der Waals surface area contributed by atoms with Gasteiger partial charge in [-0.05, 0) is 32.0 Å². The minimum Gasteiger partial charge on any atom is -0.376 e. The summed E-state index contributed by atoms with van der Waals surface area (Å²) in [7, 11) is 0. The van der Waals surface area contributed by atoms with Crippen LogP contribution in [-0.2, 0) is 4.74 Å². The molecule has 0 spiro atoms. The predicted octanol–water partition coefficient (Wildman–Crippen LogP) is 1.09. The Hall–Kier alpha value is -1.99. The molecule has 0 aromatic heterocycles. The molecular weight excluding hydrogens is 274 g/mol. The lowest BCUT2D eigenvalue weighted by Gasteiger charge is -2.22. The van der Waals surface area contributed by atoms with Crippen molar-refractivity contribution < 1.29 is 14.5 Å². The van der Waals surface area contributed by atoms with Crippen molar-refractivity contribution in [3.63, 3.8) is 0 Å². The number of carbonyl (C=O) groups is 1. The quantitative estimate of drug-likeness (QED) is 0.465. The number of hydrogen-bond donors (Lipinski definition) is 2. The molecule has 0 atom stereocenters. The molecule has 1 heterocycles. The van der Waals surface area contributed by atoms with Gasteiger partial charge in [-0.25, -0.2) is 0 Å². The molecule has 1 amide bonds.